The Kier molecular flexibility index (Phi) is 5.15. The van der Waals surface area contributed by atoms with Gasteiger partial charge in [-0.25, -0.2) is 0 Å². The first-order valence-electron chi connectivity index (χ1n) is 7.55. The molecule has 1 N–H and O–H groups in total. The fraction of sp³-hybridized carbons (Fsp3) is 0.316. The molecule has 0 spiro atoms. The molecule has 110 valence electrons. The number of carbonyl (C=O) groups excluding carboxylic acids is 1. The predicted octanol–water partition coefficient (Wildman–Crippen LogP) is 4.57. The third-order valence-corrected chi connectivity index (χ3v) is 3.93. The number of nitrogens with one attached hydrogen (secondary N) is 1. The van der Waals surface area contributed by atoms with Crippen molar-refractivity contribution in [3.05, 3.63) is 70.8 Å². The van der Waals surface area contributed by atoms with E-state index in [1.165, 1.54) is 0 Å². The van der Waals surface area contributed by atoms with Gasteiger partial charge in [0, 0.05) is 5.56 Å². The van der Waals surface area contributed by atoms with E-state index in [2.05, 4.69) is 24.4 Å². The van der Waals surface area contributed by atoms with Gasteiger partial charge in [-0.15, -0.1) is 0 Å². The fourth-order valence-electron chi connectivity index (χ4n) is 2.53. The molecule has 21 heavy (non-hydrogen) atoms. The highest BCUT2D eigenvalue weighted by Gasteiger charge is 2.16. The van der Waals surface area contributed by atoms with Crippen molar-refractivity contribution in [3.8, 4) is 0 Å². The van der Waals surface area contributed by atoms with Gasteiger partial charge in [-0.1, -0.05) is 55.8 Å². The highest BCUT2D eigenvalue weighted by atomic mass is 16.1. The Bertz CT molecular complexity index is 604. The monoisotopic (exact) mass is 281 g/mol. The van der Waals surface area contributed by atoms with Gasteiger partial charge in [-0.05, 0) is 43.0 Å². The summed E-state index contributed by atoms with van der Waals surface area (Å²) in [4.78, 5) is 12.6. The first kappa shape index (κ1) is 15.3. The lowest BCUT2D eigenvalue weighted by molar-refractivity contribution is 0.0933. The second-order valence-electron chi connectivity index (χ2n) is 5.47. The van der Waals surface area contributed by atoms with Gasteiger partial charge in [-0.3, -0.25) is 4.79 Å². The van der Waals surface area contributed by atoms with E-state index >= 15 is 0 Å². The molecule has 2 aromatic carbocycles. The zero-order chi connectivity index (χ0) is 15.2. The molecule has 0 saturated heterocycles. The maximum atomic E-state index is 12.6. The summed E-state index contributed by atoms with van der Waals surface area (Å²) in [5.41, 5.74) is 4.14. The summed E-state index contributed by atoms with van der Waals surface area (Å²) >= 11 is 0. The van der Waals surface area contributed by atoms with E-state index in [4.69, 9.17) is 0 Å². The molecular formula is C19H23NO. The zero-order valence-electron chi connectivity index (χ0n) is 13.0. The van der Waals surface area contributed by atoms with Gasteiger partial charge in [0.25, 0.3) is 5.91 Å². The van der Waals surface area contributed by atoms with Gasteiger partial charge >= 0.3 is 0 Å². The topological polar surface area (TPSA) is 29.1 Å². The van der Waals surface area contributed by atoms with Crippen molar-refractivity contribution in [2.24, 2.45) is 0 Å². The van der Waals surface area contributed by atoms with Crippen LogP contribution in [-0.4, -0.2) is 5.91 Å². The number of hydrogen-bond donors (Lipinski definition) is 1. The smallest absolute Gasteiger partial charge is 0.252 e. The van der Waals surface area contributed by atoms with E-state index in [0.29, 0.717) is 0 Å². The minimum absolute atomic E-state index is 0.0125. The van der Waals surface area contributed by atoms with Crippen LogP contribution in [-0.2, 0) is 0 Å². The van der Waals surface area contributed by atoms with Crippen LogP contribution in [0, 0.1) is 13.8 Å². The number of benzene rings is 2. The van der Waals surface area contributed by atoms with E-state index < -0.39 is 0 Å². The molecule has 2 heteroatoms. The Balaban J connectivity index is 2.21. The van der Waals surface area contributed by atoms with Gasteiger partial charge in [0.1, 0.15) is 0 Å². The summed E-state index contributed by atoms with van der Waals surface area (Å²) in [6, 6.07) is 16.1. The molecule has 0 bridgehead atoms. The molecule has 0 aliphatic heterocycles. The predicted molar refractivity (Wildman–Crippen MR) is 87.5 cm³/mol. The summed E-state index contributed by atoms with van der Waals surface area (Å²) in [6.45, 7) is 6.18. The summed E-state index contributed by atoms with van der Waals surface area (Å²) < 4.78 is 0. The Morgan fingerprint density at radius 3 is 2.43 bits per heavy atom. The molecule has 0 saturated carbocycles. The van der Waals surface area contributed by atoms with Crippen molar-refractivity contribution in [1.29, 1.82) is 0 Å². The molecule has 0 aliphatic carbocycles. The normalized spacial score (nSPS) is 12.0. The average molecular weight is 281 g/mol. The second kappa shape index (κ2) is 7.07. The van der Waals surface area contributed by atoms with E-state index in [1.54, 1.807) is 0 Å². The Morgan fingerprint density at radius 1 is 1.05 bits per heavy atom. The molecule has 1 amide bonds. The van der Waals surface area contributed by atoms with Gasteiger partial charge in [0.05, 0.1) is 6.04 Å². The summed E-state index contributed by atoms with van der Waals surface area (Å²) in [6.07, 6.45) is 1.98. The molecule has 1 unspecified atom stereocenters. The number of hydrogen-bond acceptors (Lipinski definition) is 1. The third-order valence-electron chi connectivity index (χ3n) is 3.93. The van der Waals surface area contributed by atoms with Crippen LogP contribution in [0.1, 0.15) is 52.9 Å². The molecule has 0 radical (unpaired) electrons. The van der Waals surface area contributed by atoms with E-state index in [1.807, 2.05) is 50.2 Å². The van der Waals surface area contributed by atoms with Crippen molar-refractivity contribution in [2.75, 3.05) is 0 Å². The first-order valence-corrected chi connectivity index (χ1v) is 7.55. The molecule has 0 heterocycles. The Morgan fingerprint density at radius 2 is 1.76 bits per heavy atom. The molecular weight excluding hydrogens is 258 g/mol. The number of carbonyl (C=O) groups is 1. The van der Waals surface area contributed by atoms with Crippen molar-refractivity contribution in [3.63, 3.8) is 0 Å². The van der Waals surface area contributed by atoms with Crippen molar-refractivity contribution >= 4 is 5.91 Å². The summed E-state index contributed by atoms with van der Waals surface area (Å²) in [5, 5.41) is 3.18. The molecule has 2 rings (SSSR count). The van der Waals surface area contributed by atoms with Crippen LogP contribution >= 0.6 is 0 Å². The lowest BCUT2D eigenvalue weighted by Crippen LogP contribution is -2.29. The first-order chi connectivity index (χ1) is 10.1. The van der Waals surface area contributed by atoms with E-state index in [0.717, 1.165) is 35.1 Å². The van der Waals surface area contributed by atoms with Crippen molar-refractivity contribution in [2.45, 2.75) is 39.7 Å². The van der Waals surface area contributed by atoms with Gasteiger partial charge < -0.3 is 5.32 Å². The lowest BCUT2D eigenvalue weighted by atomic mass is 9.99. The van der Waals surface area contributed by atoms with Crippen LogP contribution < -0.4 is 5.32 Å². The van der Waals surface area contributed by atoms with Crippen LogP contribution in [0.3, 0.4) is 0 Å². The molecule has 1 atom stereocenters. The maximum absolute atomic E-state index is 12.6. The van der Waals surface area contributed by atoms with E-state index in [9.17, 15) is 4.79 Å². The van der Waals surface area contributed by atoms with Crippen molar-refractivity contribution in [1.82, 2.24) is 5.32 Å². The Labute approximate surface area is 127 Å². The molecule has 2 nitrogen and oxygen atoms in total. The minimum atomic E-state index is 0.0125. The van der Waals surface area contributed by atoms with Crippen LogP contribution in [0.2, 0.25) is 0 Å². The van der Waals surface area contributed by atoms with Crippen LogP contribution in [0.15, 0.2) is 48.5 Å². The highest BCUT2D eigenvalue weighted by molar-refractivity contribution is 5.96. The largest absolute Gasteiger partial charge is 0.345 e. The van der Waals surface area contributed by atoms with E-state index in [-0.39, 0.29) is 11.9 Å². The molecule has 0 aromatic heterocycles. The highest BCUT2D eigenvalue weighted by Crippen LogP contribution is 2.20. The third kappa shape index (κ3) is 3.72. The average Bonchev–Trinajstić information content (AvgIpc) is 2.50. The lowest BCUT2D eigenvalue weighted by Gasteiger charge is -2.19. The number of rotatable bonds is 5. The summed E-state index contributed by atoms with van der Waals surface area (Å²) in [7, 11) is 0. The summed E-state index contributed by atoms with van der Waals surface area (Å²) in [5.74, 6) is 0.0125. The fourth-order valence-corrected chi connectivity index (χ4v) is 2.53. The SMILES string of the molecule is CCCC(NC(=O)c1cccc(C)c1C)c1ccccc1. The quantitative estimate of drug-likeness (QED) is 0.854. The number of aryl methyl sites for hydroxylation is 1. The van der Waals surface area contributed by atoms with Crippen LogP contribution in [0.25, 0.3) is 0 Å². The molecule has 0 fully saturated rings. The van der Waals surface area contributed by atoms with Gasteiger partial charge in [0.2, 0.25) is 0 Å². The van der Waals surface area contributed by atoms with Crippen LogP contribution in [0.5, 0.6) is 0 Å². The minimum Gasteiger partial charge on any atom is -0.345 e. The molecule has 0 aliphatic rings. The zero-order valence-corrected chi connectivity index (χ0v) is 13.0. The molecule has 2 aromatic rings. The van der Waals surface area contributed by atoms with Crippen LogP contribution in [0.4, 0.5) is 0 Å². The Hall–Kier alpha value is -2.09. The second-order valence-corrected chi connectivity index (χ2v) is 5.47. The van der Waals surface area contributed by atoms with Gasteiger partial charge in [0.15, 0.2) is 0 Å². The van der Waals surface area contributed by atoms with Gasteiger partial charge in [-0.2, -0.15) is 0 Å². The van der Waals surface area contributed by atoms with Crippen molar-refractivity contribution < 1.29 is 4.79 Å². The number of amides is 1. The standard InChI is InChI=1S/C19H23NO/c1-4-9-18(16-11-6-5-7-12-16)20-19(21)17-13-8-10-14(2)15(17)3/h5-8,10-13,18H,4,9H2,1-3H3,(H,20,21). The maximum Gasteiger partial charge on any atom is 0.252 e.